The van der Waals surface area contributed by atoms with Crippen LogP contribution in [0.4, 0.5) is 10.5 Å². The molecule has 2 aromatic carbocycles. The van der Waals surface area contributed by atoms with Gasteiger partial charge in [-0.3, -0.25) is 9.47 Å². The predicted octanol–water partition coefficient (Wildman–Crippen LogP) is 4.43. The lowest BCUT2D eigenvalue weighted by atomic mass is 10.3. The van der Waals surface area contributed by atoms with Gasteiger partial charge in [0.15, 0.2) is 5.65 Å². The van der Waals surface area contributed by atoms with E-state index in [0.29, 0.717) is 36.1 Å². The van der Waals surface area contributed by atoms with E-state index in [-0.39, 0.29) is 6.03 Å². The molecule has 34 heavy (non-hydrogen) atoms. The number of rotatable bonds is 5. The Balaban J connectivity index is 1.28. The number of aromatic nitrogens is 3. The maximum Gasteiger partial charge on any atom is 0.322 e. The number of fused-ring (bicyclic) bond motifs is 1. The normalized spacial score (nSPS) is 14.4. The number of halogens is 1. The molecule has 0 aliphatic carbocycles. The van der Waals surface area contributed by atoms with Gasteiger partial charge in [0.05, 0.1) is 19.3 Å². The van der Waals surface area contributed by atoms with Crippen molar-refractivity contribution >= 4 is 34.5 Å². The number of methoxy groups -OCH3 is 1. The number of urea groups is 1. The van der Waals surface area contributed by atoms with Crippen LogP contribution < -0.4 is 10.1 Å². The Morgan fingerprint density at radius 3 is 2.62 bits per heavy atom. The van der Waals surface area contributed by atoms with Gasteiger partial charge in [0, 0.05) is 43.1 Å². The number of piperazine rings is 1. The quantitative estimate of drug-likeness (QED) is 0.461. The second kappa shape index (κ2) is 9.70. The highest BCUT2D eigenvalue weighted by Crippen LogP contribution is 2.28. The lowest BCUT2D eigenvalue weighted by molar-refractivity contribution is 0.140. The van der Waals surface area contributed by atoms with E-state index >= 15 is 0 Å². The summed E-state index contributed by atoms with van der Waals surface area (Å²) in [5, 5.41) is 3.46. The van der Waals surface area contributed by atoms with Crippen LogP contribution in [0.5, 0.6) is 5.75 Å². The Labute approximate surface area is 202 Å². The van der Waals surface area contributed by atoms with Gasteiger partial charge in [-0.15, -0.1) is 0 Å². The maximum atomic E-state index is 12.8. The number of carbonyl (C=O) groups is 1. The summed E-state index contributed by atoms with van der Waals surface area (Å²) in [7, 11) is 1.57. The van der Waals surface area contributed by atoms with Crippen LogP contribution in [0, 0.1) is 0 Å². The summed E-state index contributed by atoms with van der Waals surface area (Å²) in [6, 6.07) is 19.0. The first-order chi connectivity index (χ1) is 16.6. The van der Waals surface area contributed by atoms with Crippen molar-refractivity contribution in [3.63, 3.8) is 0 Å². The van der Waals surface area contributed by atoms with Crippen LogP contribution in [-0.4, -0.2) is 63.7 Å². The molecule has 0 bridgehead atoms. The number of para-hydroxylation sites is 1. The van der Waals surface area contributed by atoms with Crippen molar-refractivity contribution < 1.29 is 9.53 Å². The van der Waals surface area contributed by atoms with Crippen LogP contribution in [0.2, 0.25) is 5.02 Å². The molecule has 8 nitrogen and oxygen atoms in total. The molecule has 5 rings (SSSR count). The molecule has 0 spiro atoms. The molecule has 0 unspecified atom stereocenters. The van der Waals surface area contributed by atoms with Gasteiger partial charge in [-0.1, -0.05) is 29.8 Å². The van der Waals surface area contributed by atoms with Gasteiger partial charge in [0.1, 0.15) is 17.1 Å². The second-order valence-electron chi connectivity index (χ2n) is 8.08. The van der Waals surface area contributed by atoms with Crippen LogP contribution in [0.15, 0.2) is 66.9 Å². The molecule has 1 aliphatic rings. The lowest BCUT2D eigenvalue weighted by Gasteiger charge is -2.34. The maximum absolute atomic E-state index is 12.8. The lowest BCUT2D eigenvalue weighted by Crippen LogP contribution is -2.49. The summed E-state index contributed by atoms with van der Waals surface area (Å²) < 4.78 is 7.44. The van der Waals surface area contributed by atoms with Gasteiger partial charge in [-0.2, -0.15) is 0 Å². The molecule has 3 heterocycles. The zero-order valence-corrected chi connectivity index (χ0v) is 19.6. The monoisotopic (exact) mass is 476 g/mol. The van der Waals surface area contributed by atoms with Crippen molar-refractivity contribution in [3.05, 3.63) is 77.7 Å². The highest BCUT2D eigenvalue weighted by atomic mass is 35.5. The molecule has 9 heteroatoms. The molecule has 0 saturated carbocycles. The van der Waals surface area contributed by atoms with Crippen LogP contribution in [-0.2, 0) is 6.54 Å². The third kappa shape index (κ3) is 4.55. The number of nitrogens with zero attached hydrogens (tertiary/aromatic N) is 5. The summed E-state index contributed by atoms with van der Waals surface area (Å²) in [6.45, 7) is 3.37. The second-order valence-corrected chi connectivity index (χ2v) is 8.52. The van der Waals surface area contributed by atoms with Crippen molar-refractivity contribution in [2.45, 2.75) is 6.54 Å². The minimum Gasteiger partial charge on any atom is -0.495 e. The topological polar surface area (TPSA) is 75.5 Å². The van der Waals surface area contributed by atoms with Crippen molar-refractivity contribution in [1.82, 2.24) is 24.3 Å². The minimum atomic E-state index is -0.166. The van der Waals surface area contributed by atoms with Gasteiger partial charge in [0.2, 0.25) is 0 Å². The van der Waals surface area contributed by atoms with E-state index in [2.05, 4.69) is 31.9 Å². The average Bonchev–Trinajstić information content (AvgIpc) is 3.23. The number of hydrogen-bond donors (Lipinski definition) is 1. The third-order valence-corrected chi connectivity index (χ3v) is 6.16. The van der Waals surface area contributed by atoms with Gasteiger partial charge in [-0.25, -0.2) is 14.8 Å². The molecule has 2 aromatic heterocycles. The number of anilines is 1. The van der Waals surface area contributed by atoms with E-state index in [4.69, 9.17) is 21.3 Å². The van der Waals surface area contributed by atoms with Crippen LogP contribution >= 0.6 is 11.6 Å². The Morgan fingerprint density at radius 1 is 1.06 bits per heavy atom. The van der Waals surface area contributed by atoms with Crippen molar-refractivity contribution in [2.75, 3.05) is 38.6 Å². The van der Waals surface area contributed by atoms with Gasteiger partial charge in [-0.05, 0) is 42.5 Å². The largest absolute Gasteiger partial charge is 0.495 e. The van der Waals surface area contributed by atoms with E-state index < -0.39 is 0 Å². The van der Waals surface area contributed by atoms with Gasteiger partial charge in [0.25, 0.3) is 0 Å². The molecule has 4 aromatic rings. The van der Waals surface area contributed by atoms with Crippen LogP contribution in [0.3, 0.4) is 0 Å². The number of benzene rings is 2. The summed E-state index contributed by atoms with van der Waals surface area (Å²) >= 11 is 6.09. The molecule has 1 aliphatic heterocycles. The molecule has 0 atom stereocenters. The first kappa shape index (κ1) is 22.2. The van der Waals surface area contributed by atoms with Crippen LogP contribution in [0.25, 0.3) is 16.9 Å². The zero-order chi connectivity index (χ0) is 23.5. The SMILES string of the molecule is COc1ccc(Cl)cc1NC(=O)N1CCN(Cc2nc3cccnc3n2-c2ccccc2)CC1. The Morgan fingerprint density at radius 2 is 1.85 bits per heavy atom. The van der Waals surface area contributed by atoms with Gasteiger partial charge < -0.3 is 15.0 Å². The summed E-state index contributed by atoms with van der Waals surface area (Å²) in [6.07, 6.45) is 1.79. The summed E-state index contributed by atoms with van der Waals surface area (Å²) in [4.78, 5) is 26.4. The molecular formula is C25H25ClN6O2. The number of ether oxygens (including phenoxy) is 1. The fourth-order valence-electron chi connectivity index (χ4n) is 4.19. The Hall–Kier alpha value is -3.62. The Bertz CT molecular complexity index is 1300. The van der Waals surface area contributed by atoms with E-state index in [9.17, 15) is 4.79 Å². The third-order valence-electron chi connectivity index (χ3n) is 5.93. The molecule has 1 saturated heterocycles. The number of imidazole rings is 1. The Kier molecular flexibility index (Phi) is 6.33. The van der Waals surface area contributed by atoms with Crippen LogP contribution in [0.1, 0.15) is 5.82 Å². The smallest absolute Gasteiger partial charge is 0.322 e. The number of hydrogen-bond acceptors (Lipinski definition) is 5. The van der Waals surface area contributed by atoms with E-state index in [0.717, 1.165) is 35.8 Å². The molecule has 174 valence electrons. The zero-order valence-electron chi connectivity index (χ0n) is 18.8. The number of carbonyl (C=O) groups excluding carboxylic acids is 1. The molecule has 0 radical (unpaired) electrons. The van der Waals surface area contributed by atoms with Crippen molar-refractivity contribution in [1.29, 1.82) is 0 Å². The van der Waals surface area contributed by atoms with Crippen molar-refractivity contribution in [3.8, 4) is 11.4 Å². The summed E-state index contributed by atoms with van der Waals surface area (Å²) in [5.74, 6) is 1.51. The highest BCUT2D eigenvalue weighted by Gasteiger charge is 2.24. The number of nitrogens with one attached hydrogen (secondary N) is 1. The molecule has 2 amide bonds. The number of amides is 2. The standard InChI is InChI=1S/C25H25ClN6O2/c1-34-22-10-9-18(26)16-21(22)29-25(33)31-14-12-30(13-15-31)17-23-28-20-8-5-11-27-24(20)32(23)19-6-3-2-4-7-19/h2-11,16H,12-15,17H2,1H3,(H,29,33). The van der Waals surface area contributed by atoms with E-state index in [1.807, 2.05) is 30.3 Å². The molecule has 1 fully saturated rings. The van der Waals surface area contributed by atoms with Crippen molar-refractivity contribution in [2.24, 2.45) is 0 Å². The van der Waals surface area contributed by atoms with E-state index in [1.165, 1.54) is 0 Å². The summed E-state index contributed by atoms with van der Waals surface area (Å²) in [5.41, 5.74) is 3.31. The fraction of sp³-hybridized carbons (Fsp3) is 0.240. The predicted molar refractivity (Wildman–Crippen MR) is 133 cm³/mol. The van der Waals surface area contributed by atoms with E-state index in [1.54, 1.807) is 36.4 Å². The number of pyridine rings is 1. The highest BCUT2D eigenvalue weighted by molar-refractivity contribution is 6.31. The first-order valence-electron chi connectivity index (χ1n) is 11.1. The minimum absolute atomic E-state index is 0.166. The average molecular weight is 477 g/mol. The molecule has 1 N–H and O–H groups in total. The van der Waals surface area contributed by atoms with Gasteiger partial charge >= 0.3 is 6.03 Å². The fourth-order valence-corrected chi connectivity index (χ4v) is 4.37. The molecular weight excluding hydrogens is 452 g/mol. The first-order valence-corrected chi connectivity index (χ1v) is 11.5.